The molecule has 136 valence electrons. The highest BCUT2D eigenvalue weighted by atomic mass is 35.5. The molecule has 2 rings (SSSR count). The molecule has 2 aromatic rings. The Morgan fingerprint density at radius 2 is 1.80 bits per heavy atom. The van der Waals surface area contributed by atoms with Crippen molar-refractivity contribution in [2.45, 2.75) is 25.8 Å². The molecule has 5 heteroatoms. The van der Waals surface area contributed by atoms with Crippen molar-refractivity contribution in [3.8, 4) is 16.9 Å². The second kappa shape index (κ2) is 10.1. The average Bonchev–Trinajstić information content (AvgIpc) is 2.64. The zero-order valence-corrected chi connectivity index (χ0v) is 15.9. The summed E-state index contributed by atoms with van der Waals surface area (Å²) in [5, 5.41) is 0. The Kier molecular flexibility index (Phi) is 8.46. The van der Waals surface area contributed by atoms with E-state index in [0.29, 0.717) is 13.0 Å². The van der Waals surface area contributed by atoms with Gasteiger partial charge in [-0.25, -0.2) is 0 Å². The molecule has 0 saturated carbocycles. The number of ether oxygens (including phenoxy) is 1. The van der Waals surface area contributed by atoms with Crippen molar-refractivity contribution in [3.05, 3.63) is 54.1 Å². The topological polar surface area (TPSA) is 55.6 Å². The number of hydrogen-bond acceptors (Lipinski definition) is 3. The molecule has 0 heterocycles. The Labute approximate surface area is 156 Å². The summed E-state index contributed by atoms with van der Waals surface area (Å²) in [4.78, 5) is 13.9. The Bertz CT molecular complexity index is 674. The largest absolute Gasteiger partial charge is 0.496 e. The summed E-state index contributed by atoms with van der Waals surface area (Å²) in [6.07, 6.45) is 1.22. The lowest BCUT2D eigenvalue weighted by molar-refractivity contribution is -0.131. The zero-order valence-electron chi connectivity index (χ0n) is 15.1. The summed E-state index contributed by atoms with van der Waals surface area (Å²) in [7, 11) is 3.52. The highest BCUT2D eigenvalue weighted by Crippen LogP contribution is 2.31. The standard InChI is InChI=1S/C20H26N2O2.ClH/c1-15(22(2)20(23)9-6-14-21)16-10-12-17(13-11-16)18-7-4-5-8-19(18)24-3;/h4-5,7-8,10-13,15H,6,9,14,21H2,1-3H3;1H. The maximum absolute atomic E-state index is 12.1. The molecule has 0 fully saturated rings. The van der Waals surface area contributed by atoms with Gasteiger partial charge in [-0.05, 0) is 37.1 Å². The van der Waals surface area contributed by atoms with Crippen LogP contribution in [0.4, 0.5) is 0 Å². The van der Waals surface area contributed by atoms with Gasteiger partial charge in [0.15, 0.2) is 0 Å². The van der Waals surface area contributed by atoms with E-state index in [4.69, 9.17) is 10.5 Å². The summed E-state index contributed by atoms with van der Waals surface area (Å²) in [6.45, 7) is 2.58. The van der Waals surface area contributed by atoms with E-state index in [1.165, 1.54) is 0 Å². The van der Waals surface area contributed by atoms with Crippen molar-refractivity contribution in [3.63, 3.8) is 0 Å². The molecule has 2 aromatic carbocycles. The van der Waals surface area contributed by atoms with Gasteiger partial charge in [0.2, 0.25) is 5.91 Å². The molecule has 0 aromatic heterocycles. The molecule has 0 bridgehead atoms. The van der Waals surface area contributed by atoms with Crippen LogP contribution in [0.25, 0.3) is 11.1 Å². The fourth-order valence-corrected chi connectivity index (χ4v) is 2.69. The summed E-state index contributed by atoms with van der Waals surface area (Å²) < 4.78 is 5.42. The van der Waals surface area contributed by atoms with Crippen LogP contribution in [0.3, 0.4) is 0 Å². The molecular weight excluding hydrogens is 336 g/mol. The van der Waals surface area contributed by atoms with E-state index in [-0.39, 0.29) is 24.4 Å². The lowest BCUT2D eigenvalue weighted by Crippen LogP contribution is -2.29. The number of rotatable bonds is 7. The maximum Gasteiger partial charge on any atom is 0.222 e. The van der Waals surface area contributed by atoms with Gasteiger partial charge in [0.05, 0.1) is 13.2 Å². The van der Waals surface area contributed by atoms with Gasteiger partial charge < -0.3 is 15.4 Å². The molecule has 4 nitrogen and oxygen atoms in total. The van der Waals surface area contributed by atoms with Gasteiger partial charge in [0.1, 0.15) is 5.75 Å². The molecular formula is C20H27ClN2O2. The van der Waals surface area contributed by atoms with E-state index in [2.05, 4.69) is 24.3 Å². The van der Waals surface area contributed by atoms with Crippen molar-refractivity contribution >= 4 is 18.3 Å². The van der Waals surface area contributed by atoms with Gasteiger partial charge >= 0.3 is 0 Å². The van der Waals surface area contributed by atoms with Gasteiger partial charge in [-0.15, -0.1) is 12.4 Å². The zero-order chi connectivity index (χ0) is 17.5. The van der Waals surface area contributed by atoms with Crippen LogP contribution in [-0.2, 0) is 4.79 Å². The number of benzene rings is 2. The normalized spacial score (nSPS) is 11.4. The van der Waals surface area contributed by atoms with Crippen LogP contribution in [0.15, 0.2) is 48.5 Å². The third-order valence-corrected chi connectivity index (χ3v) is 4.38. The lowest BCUT2D eigenvalue weighted by Gasteiger charge is -2.25. The Hall–Kier alpha value is -2.04. The van der Waals surface area contributed by atoms with Crippen LogP contribution in [0.1, 0.15) is 31.4 Å². The van der Waals surface area contributed by atoms with E-state index in [9.17, 15) is 4.79 Å². The van der Waals surface area contributed by atoms with Gasteiger partial charge in [-0.1, -0.05) is 42.5 Å². The lowest BCUT2D eigenvalue weighted by atomic mass is 10.00. The highest BCUT2D eigenvalue weighted by Gasteiger charge is 2.17. The summed E-state index contributed by atoms with van der Waals surface area (Å²) in [5.41, 5.74) is 8.75. The van der Waals surface area contributed by atoms with E-state index >= 15 is 0 Å². The number of methoxy groups -OCH3 is 1. The molecule has 1 atom stereocenters. The van der Waals surface area contributed by atoms with E-state index in [1.54, 1.807) is 12.0 Å². The molecule has 0 aliphatic rings. The predicted molar refractivity (Wildman–Crippen MR) is 105 cm³/mol. The predicted octanol–water partition coefficient (Wildman–Crippen LogP) is 4.04. The molecule has 0 spiro atoms. The Morgan fingerprint density at radius 3 is 2.40 bits per heavy atom. The smallest absolute Gasteiger partial charge is 0.222 e. The molecule has 0 aliphatic heterocycles. The van der Waals surface area contributed by atoms with Crippen molar-refractivity contribution in [2.75, 3.05) is 20.7 Å². The summed E-state index contributed by atoms with van der Waals surface area (Å²) >= 11 is 0. The van der Waals surface area contributed by atoms with Gasteiger partial charge in [0, 0.05) is 19.0 Å². The number of carbonyl (C=O) groups is 1. The monoisotopic (exact) mass is 362 g/mol. The number of nitrogens with zero attached hydrogens (tertiary/aromatic N) is 1. The molecule has 1 amide bonds. The number of hydrogen-bond donors (Lipinski definition) is 1. The summed E-state index contributed by atoms with van der Waals surface area (Å²) in [5.74, 6) is 0.981. The molecule has 0 radical (unpaired) electrons. The molecule has 1 unspecified atom stereocenters. The van der Waals surface area contributed by atoms with E-state index in [1.807, 2.05) is 38.2 Å². The molecule has 0 saturated heterocycles. The van der Waals surface area contributed by atoms with Crippen molar-refractivity contribution in [1.29, 1.82) is 0 Å². The third kappa shape index (κ3) is 5.21. The van der Waals surface area contributed by atoms with Crippen molar-refractivity contribution in [1.82, 2.24) is 4.90 Å². The van der Waals surface area contributed by atoms with Crippen LogP contribution in [0.2, 0.25) is 0 Å². The second-order valence-corrected chi connectivity index (χ2v) is 5.90. The summed E-state index contributed by atoms with van der Waals surface area (Å²) in [6, 6.07) is 16.3. The molecule has 0 aliphatic carbocycles. The molecule has 25 heavy (non-hydrogen) atoms. The number of nitrogens with two attached hydrogens (primary N) is 1. The number of para-hydroxylation sites is 1. The van der Waals surface area contributed by atoms with Crippen LogP contribution in [-0.4, -0.2) is 31.5 Å². The number of halogens is 1. The van der Waals surface area contributed by atoms with Crippen LogP contribution >= 0.6 is 12.4 Å². The van der Waals surface area contributed by atoms with Gasteiger partial charge in [-0.2, -0.15) is 0 Å². The van der Waals surface area contributed by atoms with Gasteiger partial charge in [0.25, 0.3) is 0 Å². The minimum absolute atomic E-state index is 0. The number of amides is 1. The fraction of sp³-hybridized carbons (Fsp3) is 0.350. The number of carbonyl (C=O) groups excluding carboxylic acids is 1. The fourth-order valence-electron chi connectivity index (χ4n) is 2.69. The Morgan fingerprint density at radius 1 is 1.16 bits per heavy atom. The van der Waals surface area contributed by atoms with Crippen LogP contribution in [0, 0.1) is 0 Å². The first-order valence-corrected chi connectivity index (χ1v) is 8.27. The van der Waals surface area contributed by atoms with Crippen LogP contribution < -0.4 is 10.5 Å². The van der Waals surface area contributed by atoms with Crippen molar-refractivity contribution in [2.24, 2.45) is 5.73 Å². The van der Waals surface area contributed by atoms with E-state index in [0.717, 1.165) is 28.9 Å². The first kappa shape index (κ1) is 21.0. The van der Waals surface area contributed by atoms with Crippen LogP contribution in [0.5, 0.6) is 5.75 Å². The Balaban J connectivity index is 0.00000312. The second-order valence-electron chi connectivity index (χ2n) is 5.90. The van der Waals surface area contributed by atoms with Crippen molar-refractivity contribution < 1.29 is 9.53 Å². The minimum atomic E-state index is 0. The van der Waals surface area contributed by atoms with E-state index < -0.39 is 0 Å². The molecule has 2 N–H and O–H groups in total. The quantitative estimate of drug-likeness (QED) is 0.808. The maximum atomic E-state index is 12.1. The third-order valence-electron chi connectivity index (χ3n) is 4.38. The minimum Gasteiger partial charge on any atom is -0.496 e. The average molecular weight is 363 g/mol. The SMILES string of the molecule is COc1ccccc1-c1ccc(C(C)N(C)C(=O)CCCN)cc1.Cl. The first-order chi connectivity index (χ1) is 11.6. The first-order valence-electron chi connectivity index (χ1n) is 8.27. The van der Waals surface area contributed by atoms with Gasteiger partial charge in [-0.3, -0.25) is 4.79 Å². The highest BCUT2D eigenvalue weighted by molar-refractivity contribution is 5.85.